The van der Waals surface area contributed by atoms with Crippen LogP contribution in [0.1, 0.15) is 25.3 Å². The number of carbonyl (C=O) groups excluding carboxylic acids is 2. The molecule has 0 radical (unpaired) electrons. The van der Waals surface area contributed by atoms with Gasteiger partial charge in [-0.1, -0.05) is 36.4 Å². The van der Waals surface area contributed by atoms with Gasteiger partial charge in [0.05, 0.1) is 6.04 Å². The molecule has 0 saturated heterocycles. The molecule has 0 spiro atoms. The topological polar surface area (TPSA) is 46.2 Å². The SMILES string of the molecule is CC(=O)NC1CCC(c2ccc3ccccc3c2)=CC1=O. The van der Waals surface area contributed by atoms with E-state index in [0.717, 1.165) is 17.6 Å². The van der Waals surface area contributed by atoms with Gasteiger partial charge in [-0.2, -0.15) is 0 Å². The first kappa shape index (κ1) is 13.6. The summed E-state index contributed by atoms with van der Waals surface area (Å²) in [5.41, 5.74) is 2.13. The van der Waals surface area contributed by atoms with E-state index in [0.29, 0.717) is 6.42 Å². The van der Waals surface area contributed by atoms with Crippen molar-refractivity contribution in [1.82, 2.24) is 5.32 Å². The van der Waals surface area contributed by atoms with Gasteiger partial charge in [0.2, 0.25) is 5.91 Å². The van der Waals surface area contributed by atoms with Crippen LogP contribution in [0.2, 0.25) is 0 Å². The average molecular weight is 279 g/mol. The van der Waals surface area contributed by atoms with Crippen LogP contribution in [0.4, 0.5) is 0 Å². The highest BCUT2D eigenvalue weighted by Crippen LogP contribution is 2.28. The highest BCUT2D eigenvalue weighted by molar-refractivity contribution is 6.04. The molecule has 3 heteroatoms. The van der Waals surface area contributed by atoms with Crippen LogP contribution in [0.15, 0.2) is 48.5 Å². The van der Waals surface area contributed by atoms with Crippen LogP contribution in [-0.2, 0) is 9.59 Å². The molecule has 0 saturated carbocycles. The summed E-state index contributed by atoms with van der Waals surface area (Å²) in [7, 11) is 0. The molecule has 2 aromatic carbocycles. The van der Waals surface area contributed by atoms with Crippen LogP contribution < -0.4 is 5.32 Å². The zero-order chi connectivity index (χ0) is 14.8. The molecule has 3 rings (SSSR count). The predicted octanol–water partition coefficient (Wildman–Crippen LogP) is 3.09. The smallest absolute Gasteiger partial charge is 0.217 e. The number of benzene rings is 2. The second-order valence-corrected chi connectivity index (χ2v) is 5.43. The third-order valence-electron chi connectivity index (χ3n) is 3.86. The third kappa shape index (κ3) is 2.87. The first-order valence-corrected chi connectivity index (χ1v) is 7.14. The summed E-state index contributed by atoms with van der Waals surface area (Å²) < 4.78 is 0. The lowest BCUT2D eigenvalue weighted by atomic mass is 9.89. The quantitative estimate of drug-likeness (QED) is 0.918. The van der Waals surface area contributed by atoms with Gasteiger partial charge in [-0.15, -0.1) is 0 Å². The highest BCUT2D eigenvalue weighted by Gasteiger charge is 2.23. The zero-order valence-corrected chi connectivity index (χ0v) is 11.9. The summed E-state index contributed by atoms with van der Waals surface area (Å²) in [4.78, 5) is 23.2. The van der Waals surface area contributed by atoms with E-state index in [-0.39, 0.29) is 17.7 Å². The first-order chi connectivity index (χ1) is 10.1. The van der Waals surface area contributed by atoms with Crippen molar-refractivity contribution in [3.05, 3.63) is 54.1 Å². The minimum absolute atomic E-state index is 0.0143. The zero-order valence-electron chi connectivity index (χ0n) is 11.9. The van der Waals surface area contributed by atoms with Crippen molar-refractivity contribution < 1.29 is 9.59 Å². The number of rotatable bonds is 2. The maximum Gasteiger partial charge on any atom is 0.217 e. The number of hydrogen-bond acceptors (Lipinski definition) is 2. The van der Waals surface area contributed by atoms with Crippen LogP contribution in [-0.4, -0.2) is 17.7 Å². The minimum atomic E-state index is -0.369. The number of amides is 1. The summed E-state index contributed by atoms with van der Waals surface area (Å²) in [6.45, 7) is 1.44. The molecule has 1 aliphatic carbocycles. The predicted molar refractivity (Wildman–Crippen MR) is 83.8 cm³/mol. The molecule has 0 bridgehead atoms. The number of carbonyl (C=O) groups is 2. The lowest BCUT2D eigenvalue weighted by molar-refractivity contribution is -0.124. The van der Waals surface area contributed by atoms with Crippen LogP contribution in [0.5, 0.6) is 0 Å². The van der Waals surface area contributed by atoms with Gasteiger partial charge in [0.1, 0.15) is 0 Å². The molecule has 2 aromatic rings. The van der Waals surface area contributed by atoms with Crippen molar-refractivity contribution in [3.8, 4) is 0 Å². The number of nitrogens with one attached hydrogen (secondary N) is 1. The molecule has 21 heavy (non-hydrogen) atoms. The maximum atomic E-state index is 12.1. The van der Waals surface area contributed by atoms with Crippen molar-refractivity contribution in [1.29, 1.82) is 0 Å². The van der Waals surface area contributed by atoms with Gasteiger partial charge >= 0.3 is 0 Å². The third-order valence-corrected chi connectivity index (χ3v) is 3.86. The molecule has 3 nitrogen and oxygen atoms in total. The molecule has 1 aliphatic rings. The van der Waals surface area contributed by atoms with Crippen LogP contribution >= 0.6 is 0 Å². The molecule has 1 atom stereocenters. The Balaban J connectivity index is 1.89. The van der Waals surface area contributed by atoms with Crippen molar-refractivity contribution in [2.24, 2.45) is 0 Å². The number of allylic oxidation sites excluding steroid dienone is 1. The summed E-state index contributed by atoms with van der Waals surface area (Å²) in [5.74, 6) is -0.171. The van der Waals surface area contributed by atoms with E-state index in [2.05, 4.69) is 35.6 Å². The molecule has 0 aromatic heterocycles. The van der Waals surface area contributed by atoms with E-state index >= 15 is 0 Å². The highest BCUT2D eigenvalue weighted by atomic mass is 16.2. The number of ketones is 1. The van der Waals surface area contributed by atoms with Gasteiger partial charge in [0.25, 0.3) is 0 Å². The Morgan fingerprint density at radius 2 is 1.90 bits per heavy atom. The Morgan fingerprint density at radius 3 is 2.62 bits per heavy atom. The van der Waals surface area contributed by atoms with Crippen LogP contribution in [0.25, 0.3) is 16.3 Å². The molecule has 1 amide bonds. The van der Waals surface area contributed by atoms with Crippen molar-refractivity contribution in [2.75, 3.05) is 0 Å². The first-order valence-electron chi connectivity index (χ1n) is 7.14. The van der Waals surface area contributed by atoms with E-state index in [1.165, 1.54) is 17.7 Å². The summed E-state index contributed by atoms with van der Waals surface area (Å²) in [5, 5.41) is 5.07. The summed E-state index contributed by atoms with van der Waals surface area (Å²) in [6.07, 6.45) is 3.14. The molecule has 1 N–H and O–H groups in total. The van der Waals surface area contributed by atoms with E-state index < -0.39 is 0 Å². The van der Waals surface area contributed by atoms with Crippen molar-refractivity contribution in [3.63, 3.8) is 0 Å². The molecule has 0 fully saturated rings. The normalized spacial score (nSPS) is 18.4. The lowest BCUT2D eigenvalue weighted by Crippen LogP contribution is -2.40. The van der Waals surface area contributed by atoms with Gasteiger partial charge in [-0.3, -0.25) is 9.59 Å². The van der Waals surface area contributed by atoms with E-state index in [9.17, 15) is 9.59 Å². The maximum absolute atomic E-state index is 12.1. The van der Waals surface area contributed by atoms with Crippen molar-refractivity contribution >= 4 is 28.0 Å². The molecule has 0 aliphatic heterocycles. The van der Waals surface area contributed by atoms with Crippen LogP contribution in [0.3, 0.4) is 0 Å². The Labute approximate surface area is 123 Å². The number of fused-ring (bicyclic) bond motifs is 1. The Hall–Kier alpha value is -2.42. The Kier molecular flexibility index (Phi) is 3.57. The molecule has 1 unspecified atom stereocenters. The van der Waals surface area contributed by atoms with Gasteiger partial charge in [0, 0.05) is 6.92 Å². The fraction of sp³-hybridized carbons (Fsp3) is 0.222. The number of hydrogen-bond donors (Lipinski definition) is 1. The monoisotopic (exact) mass is 279 g/mol. The molecule has 106 valence electrons. The van der Waals surface area contributed by atoms with E-state index in [1.807, 2.05) is 12.1 Å². The summed E-state index contributed by atoms with van der Waals surface area (Å²) >= 11 is 0. The van der Waals surface area contributed by atoms with Gasteiger partial charge in [-0.05, 0) is 46.9 Å². The Bertz CT molecular complexity index is 746. The minimum Gasteiger partial charge on any atom is -0.346 e. The van der Waals surface area contributed by atoms with Crippen LogP contribution in [0, 0.1) is 0 Å². The fourth-order valence-electron chi connectivity index (χ4n) is 2.79. The largest absolute Gasteiger partial charge is 0.346 e. The second kappa shape index (κ2) is 5.52. The fourth-order valence-corrected chi connectivity index (χ4v) is 2.79. The standard InChI is InChI=1S/C18H17NO2/c1-12(20)19-17-9-8-16(11-18(17)21)15-7-6-13-4-2-3-5-14(13)10-15/h2-7,10-11,17H,8-9H2,1H3,(H,19,20). The van der Waals surface area contributed by atoms with E-state index in [4.69, 9.17) is 0 Å². The lowest BCUT2D eigenvalue weighted by Gasteiger charge is -2.21. The van der Waals surface area contributed by atoms with Gasteiger partial charge in [0.15, 0.2) is 5.78 Å². The Morgan fingerprint density at radius 1 is 1.14 bits per heavy atom. The van der Waals surface area contributed by atoms with Gasteiger partial charge in [-0.25, -0.2) is 0 Å². The molecular weight excluding hydrogens is 262 g/mol. The second-order valence-electron chi connectivity index (χ2n) is 5.43. The van der Waals surface area contributed by atoms with Crippen molar-refractivity contribution in [2.45, 2.75) is 25.8 Å². The molecular formula is C18H17NO2. The van der Waals surface area contributed by atoms with E-state index in [1.54, 1.807) is 6.08 Å². The average Bonchev–Trinajstić information content (AvgIpc) is 2.48. The summed E-state index contributed by atoms with van der Waals surface area (Å²) in [6, 6.07) is 14.1. The van der Waals surface area contributed by atoms with Gasteiger partial charge < -0.3 is 5.32 Å². The molecule has 0 heterocycles.